The maximum Gasteiger partial charge on any atom is 0.234 e. The van der Waals surface area contributed by atoms with Gasteiger partial charge in [0.05, 0.1) is 0 Å². The van der Waals surface area contributed by atoms with Crippen LogP contribution < -0.4 is 10.6 Å². The Kier molecular flexibility index (Phi) is 3.22. The fourth-order valence-electron chi connectivity index (χ4n) is 2.31. The van der Waals surface area contributed by atoms with Crippen LogP contribution in [0.25, 0.3) is 0 Å². The van der Waals surface area contributed by atoms with E-state index in [0.717, 1.165) is 24.3 Å². The van der Waals surface area contributed by atoms with Gasteiger partial charge in [-0.25, -0.2) is 9.97 Å². The maximum atomic E-state index is 8.89. The molecule has 2 rings (SSSR count). The number of hydrogen-bond donors (Lipinski definition) is 1. The molecule has 0 aliphatic carbocycles. The Morgan fingerprint density at radius 2 is 2.28 bits per heavy atom. The number of nitrogens with zero attached hydrogens (tertiary/aromatic N) is 4. The summed E-state index contributed by atoms with van der Waals surface area (Å²) in [6, 6.07) is 2.26. The molecule has 1 atom stereocenters. The third kappa shape index (κ3) is 2.44. The first kappa shape index (κ1) is 12.8. The van der Waals surface area contributed by atoms with Gasteiger partial charge in [0.2, 0.25) is 5.82 Å². The molecule has 0 spiro atoms. The molecule has 0 amide bonds. The Bertz CT molecular complexity index is 483. The van der Waals surface area contributed by atoms with Crippen LogP contribution in [0.5, 0.6) is 0 Å². The molecule has 1 unspecified atom stereocenters. The number of nitriles is 1. The molecule has 1 aliphatic rings. The van der Waals surface area contributed by atoms with Gasteiger partial charge in [0.25, 0.3) is 0 Å². The second kappa shape index (κ2) is 4.54. The van der Waals surface area contributed by atoms with Gasteiger partial charge in [-0.3, -0.25) is 0 Å². The fourth-order valence-corrected chi connectivity index (χ4v) is 2.31. The van der Waals surface area contributed by atoms with E-state index in [2.05, 4.69) is 35.6 Å². The first-order valence-corrected chi connectivity index (χ1v) is 6.17. The normalized spacial score (nSPS) is 18.6. The second-order valence-corrected chi connectivity index (χ2v) is 5.94. The first-order valence-electron chi connectivity index (χ1n) is 6.17. The topological polar surface area (TPSA) is 78.8 Å². The molecule has 2 N–H and O–H groups in total. The van der Waals surface area contributed by atoms with Gasteiger partial charge in [0.15, 0.2) is 0 Å². The van der Waals surface area contributed by atoms with E-state index in [4.69, 9.17) is 11.0 Å². The molecule has 1 aromatic heterocycles. The number of rotatable bonds is 2. The maximum absolute atomic E-state index is 8.89. The van der Waals surface area contributed by atoms with E-state index < -0.39 is 0 Å². The zero-order valence-corrected chi connectivity index (χ0v) is 11.1. The Labute approximate surface area is 108 Å². The van der Waals surface area contributed by atoms with Crippen molar-refractivity contribution in [1.82, 2.24) is 9.97 Å². The molecule has 5 nitrogen and oxygen atoms in total. The highest BCUT2D eigenvalue weighted by atomic mass is 15.3. The van der Waals surface area contributed by atoms with Gasteiger partial charge in [-0.1, -0.05) is 20.8 Å². The summed E-state index contributed by atoms with van der Waals surface area (Å²) in [4.78, 5) is 10.6. The van der Waals surface area contributed by atoms with Crippen molar-refractivity contribution < 1.29 is 0 Å². The zero-order chi connectivity index (χ0) is 13.3. The monoisotopic (exact) mass is 245 g/mol. The van der Waals surface area contributed by atoms with Gasteiger partial charge in [-0.05, 0) is 11.8 Å². The van der Waals surface area contributed by atoms with Crippen molar-refractivity contribution >= 4 is 5.82 Å². The summed E-state index contributed by atoms with van der Waals surface area (Å²) in [5.74, 6) is 1.11. The Hall–Kier alpha value is -1.67. The number of fused-ring (bicyclic) bond motifs is 1. The smallest absolute Gasteiger partial charge is 0.234 e. The van der Waals surface area contributed by atoms with Crippen LogP contribution in [0.15, 0.2) is 6.20 Å². The number of nitrogens with two attached hydrogens (primary N) is 1. The quantitative estimate of drug-likeness (QED) is 0.843. The van der Waals surface area contributed by atoms with Crippen LogP contribution in [0, 0.1) is 16.7 Å². The summed E-state index contributed by atoms with van der Waals surface area (Å²) in [6.07, 6.45) is 2.62. The minimum Gasteiger partial charge on any atom is -0.351 e. The Balaban J connectivity index is 2.37. The molecular weight excluding hydrogens is 226 g/mol. The third-order valence-electron chi connectivity index (χ3n) is 3.03. The summed E-state index contributed by atoms with van der Waals surface area (Å²) >= 11 is 0. The SMILES string of the molecule is CC(C)(C)CN1c2nc(C#N)ncc2CC1CN. The van der Waals surface area contributed by atoms with E-state index >= 15 is 0 Å². The van der Waals surface area contributed by atoms with E-state index in [1.165, 1.54) is 0 Å². The highest BCUT2D eigenvalue weighted by molar-refractivity contribution is 5.54. The van der Waals surface area contributed by atoms with Crippen molar-refractivity contribution in [3.05, 3.63) is 17.6 Å². The predicted octanol–water partition coefficient (Wildman–Crippen LogP) is 1.08. The average molecular weight is 245 g/mol. The summed E-state index contributed by atoms with van der Waals surface area (Å²) in [7, 11) is 0. The van der Waals surface area contributed by atoms with Crippen LogP contribution in [0.2, 0.25) is 0 Å². The fraction of sp³-hybridized carbons (Fsp3) is 0.615. The van der Waals surface area contributed by atoms with Gasteiger partial charge in [0, 0.05) is 30.9 Å². The van der Waals surface area contributed by atoms with Gasteiger partial charge in [0.1, 0.15) is 11.9 Å². The Morgan fingerprint density at radius 3 is 2.83 bits per heavy atom. The standard InChI is InChI=1S/C13H19N5/c1-13(2,3)8-18-10(5-14)4-9-7-16-11(6-15)17-12(9)18/h7,10H,4-5,8,14H2,1-3H3. The molecule has 0 saturated heterocycles. The van der Waals surface area contributed by atoms with E-state index in [9.17, 15) is 0 Å². The van der Waals surface area contributed by atoms with Crippen LogP contribution in [-0.2, 0) is 6.42 Å². The van der Waals surface area contributed by atoms with E-state index in [1.807, 2.05) is 6.07 Å². The van der Waals surface area contributed by atoms with Crippen LogP contribution >= 0.6 is 0 Å². The summed E-state index contributed by atoms with van der Waals surface area (Å²) in [5, 5.41) is 8.89. The van der Waals surface area contributed by atoms with Gasteiger partial charge in [-0.15, -0.1) is 0 Å². The van der Waals surface area contributed by atoms with Crippen molar-refractivity contribution in [3.63, 3.8) is 0 Å². The van der Waals surface area contributed by atoms with Crippen molar-refractivity contribution in [1.29, 1.82) is 5.26 Å². The summed E-state index contributed by atoms with van der Waals surface area (Å²) in [6.45, 7) is 8.03. The van der Waals surface area contributed by atoms with Gasteiger partial charge >= 0.3 is 0 Å². The van der Waals surface area contributed by atoms with E-state index in [1.54, 1.807) is 6.20 Å². The second-order valence-electron chi connectivity index (χ2n) is 5.94. The minimum atomic E-state index is 0.160. The lowest BCUT2D eigenvalue weighted by molar-refractivity contribution is 0.395. The minimum absolute atomic E-state index is 0.160. The first-order chi connectivity index (χ1) is 8.44. The summed E-state index contributed by atoms with van der Waals surface area (Å²) < 4.78 is 0. The predicted molar refractivity (Wildman–Crippen MR) is 70.1 cm³/mol. The lowest BCUT2D eigenvalue weighted by atomic mass is 9.95. The zero-order valence-electron chi connectivity index (χ0n) is 11.1. The largest absolute Gasteiger partial charge is 0.351 e. The Morgan fingerprint density at radius 1 is 1.56 bits per heavy atom. The van der Waals surface area contributed by atoms with E-state index in [0.29, 0.717) is 6.54 Å². The molecule has 5 heteroatoms. The number of anilines is 1. The average Bonchev–Trinajstić information content (AvgIpc) is 2.64. The van der Waals surface area contributed by atoms with Crippen molar-refractivity contribution in [3.8, 4) is 6.07 Å². The van der Waals surface area contributed by atoms with E-state index in [-0.39, 0.29) is 17.3 Å². The molecule has 1 aromatic rings. The summed E-state index contributed by atoms with van der Waals surface area (Å²) in [5.41, 5.74) is 7.09. The molecule has 0 fully saturated rings. The van der Waals surface area contributed by atoms with Crippen molar-refractivity contribution in [2.75, 3.05) is 18.0 Å². The molecule has 18 heavy (non-hydrogen) atoms. The number of aromatic nitrogens is 2. The van der Waals surface area contributed by atoms with Crippen molar-refractivity contribution in [2.24, 2.45) is 11.1 Å². The lowest BCUT2D eigenvalue weighted by Gasteiger charge is -2.32. The van der Waals surface area contributed by atoms with Gasteiger partial charge in [-0.2, -0.15) is 5.26 Å². The lowest BCUT2D eigenvalue weighted by Crippen LogP contribution is -2.42. The number of hydrogen-bond acceptors (Lipinski definition) is 5. The molecule has 0 radical (unpaired) electrons. The molecule has 2 heterocycles. The molecular formula is C13H19N5. The van der Waals surface area contributed by atoms with Crippen LogP contribution in [0.4, 0.5) is 5.82 Å². The van der Waals surface area contributed by atoms with Crippen LogP contribution in [0.3, 0.4) is 0 Å². The molecule has 0 aromatic carbocycles. The molecule has 96 valence electrons. The molecule has 1 aliphatic heterocycles. The highest BCUT2D eigenvalue weighted by Gasteiger charge is 2.32. The van der Waals surface area contributed by atoms with Crippen LogP contribution in [0.1, 0.15) is 32.2 Å². The highest BCUT2D eigenvalue weighted by Crippen LogP contribution is 2.32. The van der Waals surface area contributed by atoms with Crippen LogP contribution in [-0.4, -0.2) is 29.1 Å². The van der Waals surface area contributed by atoms with Gasteiger partial charge < -0.3 is 10.6 Å². The molecule has 0 saturated carbocycles. The third-order valence-corrected chi connectivity index (χ3v) is 3.03. The molecule has 0 bridgehead atoms. The van der Waals surface area contributed by atoms with Crippen molar-refractivity contribution in [2.45, 2.75) is 33.2 Å².